The van der Waals surface area contributed by atoms with Crippen LogP contribution in [0.3, 0.4) is 0 Å². The van der Waals surface area contributed by atoms with E-state index in [0.717, 1.165) is 127 Å². The molecule has 0 saturated carbocycles. The molecule has 0 bridgehead atoms. The third kappa shape index (κ3) is 21.0. The highest BCUT2D eigenvalue weighted by atomic mass is 16.5. The van der Waals surface area contributed by atoms with Crippen molar-refractivity contribution in [3.05, 3.63) is 131 Å². The van der Waals surface area contributed by atoms with Crippen molar-refractivity contribution in [3.8, 4) is 0 Å². The van der Waals surface area contributed by atoms with Gasteiger partial charge in [0.1, 0.15) is 29.1 Å². The number of pyridine rings is 5. The third-order valence-corrected chi connectivity index (χ3v) is 16.6. The van der Waals surface area contributed by atoms with Crippen LogP contribution >= 0.6 is 0 Å². The third-order valence-electron chi connectivity index (χ3n) is 16.6. The first-order valence-corrected chi connectivity index (χ1v) is 31.9. The standard InChI is InChI=1S/C15H25N3.C14H23N3.C14H22N2O.C13H19N3.C13H20N2/c1-5-17-6-8-18(9-7-17)15-13(4)10-14(11-16-15)12(2)3;1-4-16-7-9-17(10-8-16)14-6-5-13(11-15-14)12(2)3;1-10(2)13-5-6-14(15-7-13)16-8-11(3)17-12(4)9-16;1-10(2)12-4-5-13(15-8-12)16-7-6-14-11(3)9-16;1-11(2)12-6-7-13(14-10-12)15-8-4-3-5-9-15/h10-12H,5-9H2,1-4H3;5-6,11-12H,4,7-10H2,1-3H3;5-7,10-12H,8-9H2,1-4H3;4-5,8,10,14H,3,6-7,9H2,1-2H3;6-7,10-11H,3-5,8-9H2,1-2H3/t;;11-,12+;;. The van der Waals surface area contributed by atoms with Gasteiger partial charge in [0.05, 0.1) is 18.8 Å². The van der Waals surface area contributed by atoms with Crippen LogP contribution in [-0.2, 0) is 4.74 Å². The molecule has 5 saturated heterocycles. The van der Waals surface area contributed by atoms with Gasteiger partial charge in [-0.25, -0.2) is 24.9 Å². The Bertz CT molecular complexity index is 2590. The van der Waals surface area contributed by atoms with Crippen LogP contribution in [0.5, 0.6) is 0 Å². The zero-order valence-electron chi connectivity index (χ0n) is 54.2. The number of aryl methyl sites for hydroxylation is 1. The highest BCUT2D eigenvalue weighted by Gasteiger charge is 2.24. The molecule has 1 N–H and O–H groups in total. The first-order valence-electron chi connectivity index (χ1n) is 31.9. The molecule has 14 heteroatoms. The van der Waals surface area contributed by atoms with Gasteiger partial charge in [0, 0.05) is 128 Å². The lowest BCUT2D eigenvalue weighted by Gasteiger charge is -2.36. The van der Waals surface area contributed by atoms with E-state index in [1.807, 2.05) is 31.0 Å². The van der Waals surface area contributed by atoms with Crippen molar-refractivity contribution in [1.82, 2.24) is 40.0 Å². The van der Waals surface area contributed by atoms with Gasteiger partial charge in [0.25, 0.3) is 0 Å². The molecule has 0 spiro atoms. The summed E-state index contributed by atoms with van der Waals surface area (Å²) in [6.45, 7) is 55.2. The van der Waals surface area contributed by atoms with Crippen LogP contribution in [0.2, 0.25) is 0 Å². The number of piperidine rings is 1. The fourth-order valence-electron chi connectivity index (χ4n) is 10.9. The summed E-state index contributed by atoms with van der Waals surface area (Å²) >= 11 is 0. The molecule has 10 heterocycles. The molecular formula is C69H109N13O. The fraction of sp³-hybridized carbons (Fsp3) is 0.609. The number of aromatic nitrogens is 5. The molecule has 0 amide bonds. The molecule has 456 valence electrons. The molecule has 0 unspecified atom stereocenters. The van der Waals surface area contributed by atoms with Crippen molar-refractivity contribution in [2.75, 3.05) is 136 Å². The highest BCUT2D eigenvalue weighted by Crippen LogP contribution is 2.26. The maximum Gasteiger partial charge on any atom is 0.131 e. The molecule has 0 aliphatic carbocycles. The van der Waals surface area contributed by atoms with Crippen LogP contribution in [0.1, 0.15) is 179 Å². The molecular weight excluding hydrogens is 1030 g/mol. The molecule has 0 radical (unpaired) electrons. The van der Waals surface area contributed by atoms with E-state index in [-0.39, 0.29) is 12.2 Å². The van der Waals surface area contributed by atoms with Gasteiger partial charge >= 0.3 is 0 Å². The van der Waals surface area contributed by atoms with Crippen LogP contribution in [0.4, 0.5) is 29.1 Å². The summed E-state index contributed by atoms with van der Waals surface area (Å²) in [5.41, 5.74) is 8.95. The first kappa shape index (κ1) is 66.3. The van der Waals surface area contributed by atoms with Crippen molar-refractivity contribution < 1.29 is 4.74 Å². The van der Waals surface area contributed by atoms with E-state index in [4.69, 9.17) is 4.74 Å². The summed E-state index contributed by atoms with van der Waals surface area (Å²) in [6.07, 6.45) is 14.6. The monoisotopic (exact) mass is 1140 g/mol. The molecule has 5 aliphatic heterocycles. The van der Waals surface area contributed by atoms with Crippen molar-refractivity contribution >= 4 is 29.1 Å². The maximum atomic E-state index is 5.73. The Balaban J connectivity index is 0.000000167. The molecule has 5 aromatic rings. The summed E-state index contributed by atoms with van der Waals surface area (Å²) in [5.74, 6) is 8.35. The van der Waals surface area contributed by atoms with Crippen molar-refractivity contribution in [2.45, 2.75) is 165 Å². The quantitative estimate of drug-likeness (QED) is 0.128. The molecule has 5 aliphatic rings. The van der Waals surface area contributed by atoms with Crippen molar-refractivity contribution in [2.24, 2.45) is 0 Å². The number of nitrogens with zero attached hydrogens (tertiary/aromatic N) is 12. The van der Waals surface area contributed by atoms with Crippen LogP contribution in [0.15, 0.2) is 97.9 Å². The molecule has 0 aromatic carbocycles. The number of rotatable bonds is 12. The van der Waals surface area contributed by atoms with Crippen LogP contribution in [0.25, 0.3) is 0 Å². The second-order valence-corrected chi connectivity index (χ2v) is 25.0. The minimum Gasteiger partial charge on any atom is -0.386 e. The maximum absolute atomic E-state index is 5.73. The number of hydrogen-bond acceptors (Lipinski definition) is 14. The van der Waals surface area contributed by atoms with Gasteiger partial charge in [-0.3, -0.25) is 0 Å². The number of morpholine rings is 1. The predicted octanol–water partition coefficient (Wildman–Crippen LogP) is 13.1. The Kier molecular flexibility index (Phi) is 26.8. The van der Waals surface area contributed by atoms with E-state index in [1.54, 1.807) is 0 Å². The van der Waals surface area contributed by atoms with Crippen molar-refractivity contribution in [3.63, 3.8) is 0 Å². The van der Waals surface area contributed by atoms with Gasteiger partial charge in [0.2, 0.25) is 0 Å². The average Bonchev–Trinajstić information content (AvgIpc) is 3.62. The molecule has 2 atom stereocenters. The molecule has 5 aromatic heterocycles. The molecule has 83 heavy (non-hydrogen) atoms. The minimum atomic E-state index is 0.283. The van der Waals surface area contributed by atoms with Crippen LogP contribution in [0, 0.1) is 6.92 Å². The zero-order valence-corrected chi connectivity index (χ0v) is 54.2. The highest BCUT2D eigenvalue weighted by molar-refractivity contribution is 5.49. The Morgan fingerprint density at radius 1 is 0.458 bits per heavy atom. The summed E-state index contributed by atoms with van der Waals surface area (Å²) < 4.78 is 5.73. The summed E-state index contributed by atoms with van der Waals surface area (Å²) in [4.78, 5) is 39.6. The number of nitrogens with one attached hydrogen (secondary N) is 1. The fourth-order valence-corrected chi connectivity index (χ4v) is 10.9. The number of ether oxygens (including phenoxy) is 1. The SMILES string of the molecule is C=C1CN(c2ccc(C(C)C)cn2)CCN1.CC(C)c1ccc(N2CCCCC2)nc1.CC(C)c1ccc(N2C[C@@H](C)O[C@@H](C)C2)nc1.CCN1CCN(c2ccc(C(C)C)cn2)CC1.CCN1CCN(c2ncc(C(C)C)cc2C)CC1. The number of anilines is 5. The van der Waals surface area contributed by atoms with Gasteiger partial charge in [-0.2, -0.15) is 0 Å². The lowest BCUT2D eigenvalue weighted by Crippen LogP contribution is -2.46. The largest absolute Gasteiger partial charge is 0.386 e. The summed E-state index contributed by atoms with van der Waals surface area (Å²) in [5, 5.41) is 3.25. The molecule has 14 nitrogen and oxygen atoms in total. The second-order valence-electron chi connectivity index (χ2n) is 25.0. The topological polar surface area (TPSA) is 108 Å². The van der Waals surface area contributed by atoms with E-state index >= 15 is 0 Å². The zero-order chi connectivity index (χ0) is 60.0. The number of piperazine rings is 3. The average molecular weight is 1140 g/mol. The molecule has 10 rings (SSSR count). The Morgan fingerprint density at radius 2 is 0.831 bits per heavy atom. The number of hydrogen-bond donors (Lipinski definition) is 1. The smallest absolute Gasteiger partial charge is 0.131 e. The lowest BCUT2D eigenvalue weighted by atomic mass is 10.0. The van der Waals surface area contributed by atoms with Crippen molar-refractivity contribution in [1.29, 1.82) is 0 Å². The Hall–Kier alpha value is -5.83. The van der Waals surface area contributed by atoms with E-state index < -0.39 is 0 Å². The van der Waals surface area contributed by atoms with Gasteiger partial charge in [-0.15, -0.1) is 0 Å². The van der Waals surface area contributed by atoms with Gasteiger partial charge in [-0.1, -0.05) is 120 Å². The lowest BCUT2D eigenvalue weighted by molar-refractivity contribution is -0.00546. The minimum absolute atomic E-state index is 0.283. The van der Waals surface area contributed by atoms with Crippen LogP contribution < -0.4 is 29.8 Å². The van der Waals surface area contributed by atoms with E-state index in [2.05, 4.69) is 230 Å². The summed E-state index contributed by atoms with van der Waals surface area (Å²) in [6, 6.07) is 19.6. The predicted molar refractivity (Wildman–Crippen MR) is 353 cm³/mol. The Labute approximate surface area is 503 Å². The van der Waals surface area contributed by atoms with Gasteiger partial charge in [-0.05, 0) is 140 Å². The Morgan fingerprint density at radius 3 is 1.19 bits per heavy atom. The van der Waals surface area contributed by atoms with Gasteiger partial charge in [0.15, 0.2) is 0 Å². The summed E-state index contributed by atoms with van der Waals surface area (Å²) in [7, 11) is 0. The first-order chi connectivity index (χ1) is 39.8. The normalized spacial score (nSPS) is 18.9. The van der Waals surface area contributed by atoms with E-state index in [1.165, 1.54) is 71.6 Å². The van der Waals surface area contributed by atoms with Crippen LogP contribution in [-0.4, -0.2) is 158 Å². The number of likely N-dealkylation sites (N-methyl/N-ethyl adjacent to an activating group) is 2. The molecule has 5 fully saturated rings. The second kappa shape index (κ2) is 33.6. The van der Waals surface area contributed by atoms with E-state index in [9.17, 15) is 0 Å². The van der Waals surface area contributed by atoms with E-state index in [0.29, 0.717) is 29.6 Å². The van der Waals surface area contributed by atoms with Gasteiger partial charge < -0.3 is 44.4 Å².